The summed E-state index contributed by atoms with van der Waals surface area (Å²) >= 11 is 11.3. The second-order valence-electron chi connectivity index (χ2n) is 6.65. The average molecular weight is 311 g/mol. The van der Waals surface area contributed by atoms with Crippen LogP contribution in [0.4, 0.5) is 5.69 Å². The van der Waals surface area contributed by atoms with E-state index in [0.717, 1.165) is 35.3 Å². The van der Waals surface area contributed by atoms with Crippen LogP contribution < -0.4 is 10.6 Å². The minimum atomic E-state index is 0.381. The van der Waals surface area contributed by atoms with Crippen molar-refractivity contribution in [1.29, 1.82) is 0 Å². The average Bonchev–Trinajstić information content (AvgIpc) is 2.37. The molecule has 0 unspecified atom stereocenters. The molecule has 4 heteroatoms. The molecule has 0 bridgehead atoms. The molecule has 0 amide bonds. The number of hydrogen-bond donors (Lipinski definition) is 1. The molecule has 2 rings (SSSR count). The lowest BCUT2D eigenvalue weighted by Gasteiger charge is -2.40. The molecule has 1 aromatic carbocycles. The van der Waals surface area contributed by atoms with Gasteiger partial charge in [-0.1, -0.05) is 44.6 Å². The zero-order valence-electron chi connectivity index (χ0n) is 12.4. The van der Waals surface area contributed by atoms with Crippen LogP contribution in [0, 0.1) is 11.3 Å². The highest BCUT2D eigenvalue weighted by atomic mass is 35.5. The lowest BCUT2D eigenvalue weighted by atomic mass is 9.75. The summed E-state index contributed by atoms with van der Waals surface area (Å²) < 4.78 is 0. The van der Waals surface area contributed by atoms with Gasteiger partial charge in [-0.25, -0.2) is 0 Å². The Kier molecular flexibility index (Phi) is 4.60. The van der Waals surface area contributed by atoms with Crippen LogP contribution >= 0.6 is 23.8 Å². The van der Waals surface area contributed by atoms with E-state index in [1.165, 1.54) is 12.8 Å². The summed E-state index contributed by atoms with van der Waals surface area (Å²) in [4.78, 5) is 2.80. The summed E-state index contributed by atoms with van der Waals surface area (Å²) in [6.45, 7) is 9.06. The number of piperidine rings is 1. The highest BCUT2D eigenvalue weighted by molar-refractivity contribution is 7.80. The van der Waals surface area contributed by atoms with Gasteiger partial charge in [-0.3, -0.25) is 0 Å². The topological polar surface area (TPSA) is 29.3 Å². The van der Waals surface area contributed by atoms with E-state index in [4.69, 9.17) is 29.6 Å². The van der Waals surface area contributed by atoms with E-state index in [-0.39, 0.29) is 0 Å². The van der Waals surface area contributed by atoms with Gasteiger partial charge in [0.05, 0.1) is 0 Å². The van der Waals surface area contributed by atoms with Crippen molar-refractivity contribution in [1.82, 2.24) is 0 Å². The van der Waals surface area contributed by atoms with Gasteiger partial charge in [0, 0.05) is 29.4 Å². The third-order valence-corrected chi connectivity index (χ3v) is 4.74. The van der Waals surface area contributed by atoms with E-state index in [2.05, 4.69) is 25.7 Å². The van der Waals surface area contributed by atoms with Crippen LogP contribution in [-0.4, -0.2) is 18.1 Å². The summed E-state index contributed by atoms with van der Waals surface area (Å²) in [6.07, 6.45) is 2.40. The smallest absolute Gasteiger partial charge is 0.106 e. The van der Waals surface area contributed by atoms with Crippen molar-refractivity contribution in [3.63, 3.8) is 0 Å². The van der Waals surface area contributed by atoms with Crippen molar-refractivity contribution in [2.45, 2.75) is 33.6 Å². The first-order valence-electron chi connectivity index (χ1n) is 7.13. The molecule has 20 heavy (non-hydrogen) atoms. The molecule has 1 aliphatic heterocycles. The maximum atomic E-state index is 6.13. The lowest BCUT2D eigenvalue weighted by molar-refractivity contribution is 0.199. The Morgan fingerprint density at radius 3 is 2.40 bits per heavy atom. The molecular formula is C16H23ClN2S. The summed E-state index contributed by atoms with van der Waals surface area (Å²) in [6, 6.07) is 5.75. The largest absolute Gasteiger partial charge is 0.389 e. The summed E-state index contributed by atoms with van der Waals surface area (Å²) in [5.41, 5.74) is 8.22. The molecule has 0 spiro atoms. The molecular weight excluding hydrogens is 288 g/mol. The van der Waals surface area contributed by atoms with E-state index >= 15 is 0 Å². The Balaban J connectivity index is 2.18. The summed E-state index contributed by atoms with van der Waals surface area (Å²) in [5.74, 6) is 0.770. The van der Waals surface area contributed by atoms with Crippen molar-refractivity contribution in [3.8, 4) is 0 Å². The van der Waals surface area contributed by atoms with Crippen LogP contribution in [0.3, 0.4) is 0 Å². The van der Waals surface area contributed by atoms with Crippen molar-refractivity contribution in [3.05, 3.63) is 28.8 Å². The van der Waals surface area contributed by atoms with Gasteiger partial charge in [0.25, 0.3) is 0 Å². The van der Waals surface area contributed by atoms with Crippen LogP contribution in [-0.2, 0) is 0 Å². The molecule has 1 saturated heterocycles. The molecule has 110 valence electrons. The minimum Gasteiger partial charge on any atom is -0.389 e. The van der Waals surface area contributed by atoms with E-state index in [1.54, 1.807) is 0 Å². The molecule has 0 saturated carbocycles. The van der Waals surface area contributed by atoms with Crippen molar-refractivity contribution >= 4 is 34.5 Å². The standard InChI is InChI=1S/C16H23ClN2S/c1-16(2,3)11-6-8-19(9-7-11)14-10-12(17)4-5-13(14)15(18)20/h4-5,10-11H,6-9H2,1-3H3,(H2,18,20). The van der Waals surface area contributed by atoms with Crippen molar-refractivity contribution in [2.24, 2.45) is 17.1 Å². The van der Waals surface area contributed by atoms with Crippen molar-refractivity contribution in [2.75, 3.05) is 18.0 Å². The Hall–Kier alpha value is -0.800. The predicted molar refractivity (Wildman–Crippen MR) is 91.7 cm³/mol. The highest BCUT2D eigenvalue weighted by Crippen LogP contribution is 2.36. The zero-order valence-corrected chi connectivity index (χ0v) is 14.0. The van der Waals surface area contributed by atoms with Gasteiger partial charge in [0.15, 0.2) is 0 Å². The first-order chi connectivity index (χ1) is 9.29. The van der Waals surface area contributed by atoms with E-state index in [1.807, 2.05) is 18.2 Å². The minimum absolute atomic E-state index is 0.381. The second kappa shape index (κ2) is 5.90. The number of thiocarbonyl (C=S) groups is 1. The number of nitrogens with zero attached hydrogens (tertiary/aromatic N) is 1. The first kappa shape index (κ1) is 15.6. The number of benzene rings is 1. The molecule has 0 aromatic heterocycles. The van der Waals surface area contributed by atoms with E-state index in [0.29, 0.717) is 10.4 Å². The van der Waals surface area contributed by atoms with Crippen molar-refractivity contribution < 1.29 is 0 Å². The van der Waals surface area contributed by atoms with Crippen LogP contribution in [0.25, 0.3) is 0 Å². The summed E-state index contributed by atoms with van der Waals surface area (Å²) in [5, 5.41) is 0.734. The fourth-order valence-corrected chi connectivity index (χ4v) is 3.30. The van der Waals surface area contributed by atoms with Crippen LogP contribution in [0.15, 0.2) is 18.2 Å². The van der Waals surface area contributed by atoms with Gasteiger partial charge in [0.1, 0.15) is 4.99 Å². The van der Waals surface area contributed by atoms with Crippen LogP contribution in [0.5, 0.6) is 0 Å². The van der Waals surface area contributed by atoms with Gasteiger partial charge in [0.2, 0.25) is 0 Å². The van der Waals surface area contributed by atoms with Gasteiger partial charge in [-0.15, -0.1) is 0 Å². The maximum absolute atomic E-state index is 6.13. The molecule has 0 aliphatic carbocycles. The lowest BCUT2D eigenvalue weighted by Crippen LogP contribution is -2.38. The highest BCUT2D eigenvalue weighted by Gasteiger charge is 2.29. The molecule has 0 radical (unpaired) electrons. The Bertz CT molecular complexity index is 500. The molecule has 1 heterocycles. The van der Waals surface area contributed by atoms with Gasteiger partial charge in [-0.05, 0) is 42.4 Å². The second-order valence-corrected chi connectivity index (χ2v) is 7.53. The predicted octanol–water partition coefficient (Wildman–Crippen LogP) is 4.24. The number of nitrogens with two attached hydrogens (primary N) is 1. The first-order valence-corrected chi connectivity index (χ1v) is 7.92. The molecule has 2 nitrogen and oxygen atoms in total. The third kappa shape index (κ3) is 3.44. The fraction of sp³-hybridized carbons (Fsp3) is 0.562. The third-order valence-electron chi connectivity index (χ3n) is 4.29. The van der Waals surface area contributed by atoms with Crippen LogP contribution in [0.1, 0.15) is 39.2 Å². The molecule has 1 aliphatic rings. The number of rotatable bonds is 2. The molecule has 2 N–H and O–H groups in total. The van der Waals surface area contributed by atoms with Crippen LogP contribution in [0.2, 0.25) is 5.02 Å². The molecule has 1 fully saturated rings. The quantitative estimate of drug-likeness (QED) is 0.829. The number of halogens is 1. The van der Waals surface area contributed by atoms with E-state index in [9.17, 15) is 0 Å². The number of anilines is 1. The number of hydrogen-bond acceptors (Lipinski definition) is 2. The fourth-order valence-electron chi connectivity index (χ4n) is 2.96. The van der Waals surface area contributed by atoms with E-state index < -0.39 is 0 Å². The zero-order chi connectivity index (χ0) is 14.9. The Labute approximate surface area is 132 Å². The monoisotopic (exact) mass is 310 g/mol. The SMILES string of the molecule is CC(C)(C)C1CCN(c2cc(Cl)ccc2C(N)=S)CC1. The van der Waals surface area contributed by atoms with Gasteiger partial charge < -0.3 is 10.6 Å². The van der Waals surface area contributed by atoms with Gasteiger partial charge >= 0.3 is 0 Å². The maximum Gasteiger partial charge on any atom is 0.106 e. The molecule has 1 aromatic rings. The van der Waals surface area contributed by atoms with Gasteiger partial charge in [-0.2, -0.15) is 0 Å². The normalized spacial score (nSPS) is 17.3. The Morgan fingerprint density at radius 1 is 1.30 bits per heavy atom. The summed E-state index contributed by atoms with van der Waals surface area (Å²) in [7, 11) is 0. The molecule has 0 atom stereocenters. The Morgan fingerprint density at radius 2 is 1.90 bits per heavy atom.